The summed E-state index contributed by atoms with van der Waals surface area (Å²) in [7, 11) is 1.90. The van der Waals surface area contributed by atoms with Crippen LogP contribution in [0.1, 0.15) is 32.6 Å². The molecule has 0 radical (unpaired) electrons. The van der Waals surface area contributed by atoms with Gasteiger partial charge in [0, 0.05) is 7.05 Å². The summed E-state index contributed by atoms with van der Waals surface area (Å²) in [5, 5.41) is 7.76. The van der Waals surface area contributed by atoms with E-state index in [9.17, 15) is 0 Å². The fraction of sp³-hybridized carbons (Fsp3) is 0.750. The molecule has 0 saturated heterocycles. The van der Waals surface area contributed by atoms with Crippen LogP contribution in [-0.2, 0) is 7.05 Å². The summed E-state index contributed by atoms with van der Waals surface area (Å²) in [6.07, 6.45) is 1.67. The van der Waals surface area contributed by atoms with E-state index in [0.717, 1.165) is 5.82 Å². The summed E-state index contributed by atoms with van der Waals surface area (Å²) in [5.41, 5.74) is 6.02. The highest BCUT2D eigenvalue weighted by molar-refractivity contribution is 4.97. The molecule has 4 nitrogen and oxygen atoms in total. The highest BCUT2D eigenvalue weighted by Gasteiger charge is 2.25. The Hall–Kier alpha value is -0.900. The molecular weight excluding hydrogens is 152 g/mol. The lowest BCUT2D eigenvalue weighted by Gasteiger charge is -2.25. The van der Waals surface area contributed by atoms with E-state index in [1.54, 1.807) is 6.33 Å². The van der Waals surface area contributed by atoms with Crippen LogP contribution in [0.15, 0.2) is 6.33 Å². The van der Waals surface area contributed by atoms with Gasteiger partial charge >= 0.3 is 0 Å². The summed E-state index contributed by atoms with van der Waals surface area (Å²) in [5.74, 6) is 0.836. The lowest BCUT2D eigenvalue weighted by molar-refractivity contribution is 0.310. The topological polar surface area (TPSA) is 56.7 Å². The van der Waals surface area contributed by atoms with Gasteiger partial charge in [0.25, 0.3) is 0 Å². The molecule has 0 saturated carbocycles. The molecule has 0 aliphatic carbocycles. The van der Waals surface area contributed by atoms with Crippen molar-refractivity contribution in [2.45, 2.75) is 26.8 Å². The zero-order valence-corrected chi connectivity index (χ0v) is 8.07. The maximum atomic E-state index is 5.99. The zero-order chi connectivity index (χ0) is 9.35. The van der Waals surface area contributed by atoms with Crippen LogP contribution in [0.2, 0.25) is 0 Å². The molecule has 0 aromatic carbocycles. The van der Waals surface area contributed by atoms with Crippen LogP contribution in [0.3, 0.4) is 0 Å². The number of aryl methyl sites for hydroxylation is 1. The van der Waals surface area contributed by atoms with Crippen molar-refractivity contribution in [3.8, 4) is 0 Å². The van der Waals surface area contributed by atoms with Gasteiger partial charge in [-0.3, -0.25) is 0 Å². The molecule has 0 amide bonds. The molecule has 1 rings (SSSR count). The van der Waals surface area contributed by atoms with E-state index >= 15 is 0 Å². The first-order valence-corrected chi connectivity index (χ1v) is 4.02. The summed E-state index contributed by atoms with van der Waals surface area (Å²) in [4.78, 5) is 0. The molecule has 0 bridgehead atoms. The molecule has 0 spiro atoms. The minimum absolute atomic E-state index is 0.0286. The van der Waals surface area contributed by atoms with Gasteiger partial charge in [-0.05, 0) is 5.41 Å². The van der Waals surface area contributed by atoms with Gasteiger partial charge in [0.15, 0.2) is 0 Å². The molecule has 1 atom stereocenters. The fourth-order valence-corrected chi connectivity index (χ4v) is 0.961. The Morgan fingerprint density at radius 1 is 1.50 bits per heavy atom. The van der Waals surface area contributed by atoms with Crippen LogP contribution in [0, 0.1) is 5.41 Å². The number of nitrogens with zero attached hydrogens (tertiary/aromatic N) is 3. The Morgan fingerprint density at radius 2 is 2.08 bits per heavy atom. The minimum atomic E-state index is -0.0648. The van der Waals surface area contributed by atoms with Crippen molar-refractivity contribution in [3.05, 3.63) is 12.2 Å². The Kier molecular flexibility index (Phi) is 2.19. The lowest BCUT2D eigenvalue weighted by Crippen LogP contribution is -2.28. The number of rotatable bonds is 1. The van der Waals surface area contributed by atoms with Gasteiger partial charge in [-0.1, -0.05) is 20.8 Å². The number of aromatic nitrogens is 3. The minimum Gasteiger partial charge on any atom is -0.321 e. The summed E-state index contributed by atoms with van der Waals surface area (Å²) < 4.78 is 1.86. The molecule has 1 heterocycles. The second kappa shape index (κ2) is 2.86. The van der Waals surface area contributed by atoms with Gasteiger partial charge in [0.2, 0.25) is 0 Å². The summed E-state index contributed by atoms with van der Waals surface area (Å²) >= 11 is 0. The fourth-order valence-electron chi connectivity index (χ4n) is 0.961. The molecule has 1 aromatic heterocycles. The highest BCUT2D eigenvalue weighted by Crippen LogP contribution is 2.28. The SMILES string of the molecule is Cn1cnnc1[C@H](N)C(C)(C)C. The monoisotopic (exact) mass is 168 g/mol. The Bertz CT molecular complexity index is 258. The molecule has 0 aliphatic heterocycles. The second-order valence-electron chi connectivity index (χ2n) is 4.14. The van der Waals surface area contributed by atoms with Crippen molar-refractivity contribution in [2.75, 3.05) is 0 Å². The van der Waals surface area contributed by atoms with Gasteiger partial charge in [-0.25, -0.2) is 0 Å². The van der Waals surface area contributed by atoms with Gasteiger partial charge < -0.3 is 10.3 Å². The van der Waals surface area contributed by atoms with Gasteiger partial charge in [-0.2, -0.15) is 0 Å². The third-order valence-corrected chi connectivity index (χ3v) is 1.96. The number of hydrogen-bond acceptors (Lipinski definition) is 3. The maximum Gasteiger partial charge on any atom is 0.150 e. The molecule has 68 valence electrons. The van der Waals surface area contributed by atoms with Crippen LogP contribution in [-0.4, -0.2) is 14.8 Å². The first kappa shape index (κ1) is 9.19. The van der Waals surface area contributed by atoms with Crippen molar-refractivity contribution < 1.29 is 0 Å². The maximum absolute atomic E-state index is 5.99. The third-order valence-electron chi connectivity index (χ3n) is 1.96. The van der Waals surface area contributed by atoms with Crippen LogP contribution >= 0.6 is 0 Å². The summed E-state index contributed by atoms with van der Waals surface area (Å²) in [6, 6.07) is -0.0648. The van der Waals surface area contributed by atoms with Crippen molar-refractivity contribution >= 4 is 0 Å². The van der Waals surface area contributed by atoms with E-state index in [1.165, 1.54) is 0 Å². The molecule has 0 fully saturated rings. The molecule has 4 heteroatoms. The second-order valence-corrected chi connectivity index (χ2v) is 4.14. The van der Waals surface area contributed by atoms with E-state index in [0.29, 0.717) is 0 Å². The number of nitrogens with two attached hydrogens (primary N) is 1. The van der Waals surface area contributed by atoms with Crippen LogP contribution in [0.4, 0.5) is 0 Å². The van der Waals surface area contributed by atoms with Gasteiger partial charge in [0.1, 0.15) is 12.2 Å². The quantitative estimate of drug-likeness (QED) is 0.676. The first-order valence-electron chi connectivity index (χ1n) is 4.02. The predicted octanol–water partition coefficient (Wildman–Crippen LogP) is 0.861. The lowest BCUT2D eigenvalue weighted by atomic mass is 9.87. The molecule has 0 unspecified atom stereocenters. The van der Waals surface area contributed by atoms with E-state index in [4.69, 9.17) is 5.73 Å². The standard InChI is InChI=1S/C8H16N4/c1-8(2,3)6(9)7-11-10-5-12(7)4/h5-6H,9H2,1-4H3/t6-/m0/s1. The van der Waals surface area contributed by atoms with E-state index in [-0.39, 0.29) is 11.5 Å². The van der Waals surface area contributed by atoms with Crippen molar-refractivity contribution in [1.82, 2.24) is 14.8 Å². The highest BCUT2D eigenvalue weighted by atomic mass is 15.3. The molecule has 1 aromatic rings. The van der Waals surface area contributed by atoms with Gasteiger partial charge in [0.05, 0.1) is 6.04 Å². The van der Waals surface area contributed by atoms with Gasteiger partial charge in [-0.15, -0.1) is 10.2 Å². The Labute approximate surface area is 72.8 Å². The average Bonchev–Trinajstić information content (AvgIpc) is 2.31. The van der Waals surface area contributed by atoms with E-state index in [2.05, 4.69) is 31.0 Å². The largest absolute Gasteiger partial charge is 0.321 e. The van der Waals surface area contributed by atoms with Crippen LogP contribution in [0.5, 0.6) is 0 Å². The van der Waals surface area contributed by atoms with Crippen molar-refractivity contribution in [2.24, 2.45) is 18.2 Å². The molecule has 0 aliphatic rings. The summed E-state index contributed by atoms with van der Waals surface area (Å²) in [6.45, 7) is 6.27. The van der Waals surface area contributed by atoms with Crippen LogP contribution in [0.25, 0.3) is 0 Å². The average molecular weight is 168 g/mol. The molecule has 12 heavy (non-hydrogen) atoms. The Balaban J connectivity index is 2.92. The van der Waals surface area contributed by atoms with E-state index in [1.807, 2.05) is 11.6 Å². The van der Waals surface area contributed by atoms with Crippen molar-refractivity contribution in [1.29, 1.82) is 0 Å². The normalized spacial score (nSPS) is 14.8. The van der Waals surface area contributed by atoms with E-state index < -0.39 is 0 Å². The first-order chi connectivity index (χ1) is 5.43. The molecular formula is C8H16N4. The van der Waals surface area contributed by atoms with Crippen LogP contribution < -0.4 is 5.73 Å². The number of hydrogen-bond donors (Lipinski definition) is 1. The Morgan fingerprint density at radius 3 is 2.42 bits per heavy atom. The zero-order valence-electron chi connectivity index (χ0n) is 8.07. The van der Waals surface area contributed by atoms with Crippen molar-refractivity contribution in [3.63, 3.8) is 0 Å². The third kappa shape index (κ3) is 1.64. The smallest absolute Gasteiger partial charge is 0.150 e. The molecule has 2 N–H and O–H groups in total. The predicted molar refractivity (Wildman–Crippen MR) is 47.4 cm³/mol.